The first-order valence-corrected chi connectivity index (χ1v) is 6.32. The van der Waals surface area contributed by atoms with E-state index in [4.69, 9.17) is 10.2 Å². The molecule has 8 nitrogen and oxygen atoms in total. The number of ether oxygens (including phenoxy) is 2. The van der Waals surface area contributed by atoms with Gasteiger partial charge in [0.05, 0.1) is 35.5 Å². The van der Waals surface area contributed by atoms with Gasteiger partial charge in [0.15, 0.2) is 0 Å². The SMILES string of the molecule is CCOC(=O)c1cc(C(=O)O)c(C(=O)OCC)cc1C(=O)O. The molecule has 22 heavy (non-hydrogen) atoms. The van der Waals surface area contributed by atoms with E-state index in [0.717, 1.165) is 12.1 Å². The van der Waals surface area contributed by atoms with Crippen LogP contribution in [0.4, 0.5) is 0 Å². The zero-order valence-electron chi connectivity index (χ0n) is 11.9. The predicted molar refractivity (Wildman–Crippen MR) is 72.3 cm³/mol. The highest BCUT2D eigenvalue weighted by atomic mass is 16.5. The van der Waals surface area contributed by atoms with Gasteiger partial charge in [-0.25, -0.2) is 19.2 Å². The molecule has 0 atom stereocenters. The molecule has 0 aliphatic heterocycles. The first-order chi connectivity index (χ1) is 10.3. The van der Waals surface area contributed by atoms with Gasteiger partial charge in [-0.15, -0.1) is 0 Å². The Bertz CT molecular complexity index is 576. The number of hydrogen-bond acceptors (Lipinski definition) is 6. The van der Waals surface area contributed by atoms with E-state index >= 15 is 0 Å². The molecule has 0 fully saturated rings. The molecule has 0 saturated carbocycles. The number of aromatic carboxylic acids is 2. The molecule has 1 aromatic carbocycles. The topological polar surface area (TPSA) is 127 Å². The van der Waals surface area contributed by atoms with Gasteiger partial charge in [-0.2, -0.15) is 0 Å². The van der Waals surface area contributed by atoms with Crippen LogP contribution in [-0.4, -0.2) is 47.3 Å². The minimum absolute atomic E-state index is 0.0140. The number of carbonyl (C=O) groups is 4. The van der Waals surface area contributed by atoms with Crippen LogP contribution in [0, 0.1) is 0 Å². The lowest BCUT2D eigenvalue weighted by molar-refractivity contribution is 0.0499. The van der Waals surface area contributed by atoms with E-state index in [1.807, 2.05) is 0 Å². The van der Waals surface area contributed by atoms with Gasteiger partial charge < -0.3 is 19.7 Å². The molecule has 0 spiro atoms. The number of benzene rings is 1. The van der Waals surface area contributed by atoms with Crippen molar-refractivity contribution >= 4 is 23.9 Å². The number of rotatable bonds is 6. The molecule has 0 aromatic heterocycles. The van der Waals surface area contributed by atoms with Crippen molar-refractivity contribution in [2.75, 3.05) is 13.2 Å². The molecule has 0 aliphatic carbocycles. The summed E-state index contributed by atoms with van der Waals surface area (Å²) in [7, 11) is 0. The zero-order valence-corrected chi connectivity index (χ0v) is 11.9. The van der Waals surface area contributed by atoms with Crippen molar-refractivity contribution < 1.29 is 38.9 Å². The van der Waals surface area contributed by atoms with Crippen LogP contribution in [0.25, 0.3) is 0 Å². The van der Waals surface area contributed by atoms with Crippen LogP contribution >= 0.6 is 0 Å². The highest BCUT2D eigenvalue weighted by molar-refractivity contribution is 6.09. The van der Waals surface area contributed by atoms with Crippen LogP contribution < -0.4 is 0 Å². The van der Waals surface area contributed by atoms with Gasteiger partial charge in [0.1, 0.15) is 0 Å². The molecule has 118 valence electrons. The second-order valence-electron chi connectivity index (χ2n) is 3.99. The number of carbonyl (C=O) groups excluding carboxylic acids is 2. The van der Waals surface area contributed by atoms with E-state index in [-0.39, 0.29) is 13.2 Å². The molecule has 0 radical (unpaired) electrons. The monoisotopic (exact) mass is 310 g/mol. The van der Waals surface area contributed by atoms with E-state index in [2.05, 4.69) is 9.47 Å². The Balaban J connectivity index is 3.57. The van der Waals surface area contributed by atoms with Crippen molar-refractivity contribution in [2.45, 2.75) is 13.8 Å². The zero-order chi connectivity index (χ0) is 16.9. The fourth-order valence-electron chi connectivity index (χ4n) is 1.71. The summed E-state index contributed by atoms with van der Waals surface area (Å²) in [5.74, 6) is -4.97. The van der Waals surface area contributed by atoms with E-state index in [9.17, 15) is 19.2 Å². The van der Waals surface area contributed by atoms with Crippen molar-refractivity contribution in [3.8, 4) is 0 Å². The maximum Gasteiger partial charge on any atom is 0.339 e. The molecule has 0 bridgehead atoms. The first kappa shape index (κ1) is 17.2. The quantitative estimate of drug-likeness (QED) is 0.755. The summed E-state index contributed by atoms with van der Waals surface area (Å²) >= 11 is 0. The van der Waals surface area contributed by atoms with Gasteiger partial charge in [0, 0.05) is 0 Å². The molecule has 0 amide bonds. The molecule has 0 unspecified atom stereocenters. The Morgan fingerprint density at radius 2 is 1.09 bits per heavy atom. The average Bonchev–Trinajstić information content (AvgIpc) is 2.46. The van der Waals surface area contributed by atoms with Crippen LogP contribution in [0.15, 0.2) is 12.1 Å². The Labute approximate surface area is 125 Å². The second-order valence-corrected chi connectivity index (χ2v) is 3.99. The molecule has 0 heterocycles. The van der Waals surface area contributed by atoms with Crippen LogP contribution in [0.2, 0.25) is 0 Å². The Morgan fingerprint density at radius 3 is 1.32 bits per heavy atom. The minimum Gasteiger partial charge on any atom is -0.478 e. The normalized spacial score (nSPS) is 9.91. The predicted octanol–water partition coefficient (Wildman–Crippen LogP) is 1.44. The van der Waals surface area contributed by atoms with Crippen molar-refractivity contribution in [2.24, 2.45) is 0 Å². The highest BCUT2D eigenvalue weighted by Gasteiger charge is 2.26. The summed E-state index contributed by atoms with van der Waals surface area (Å²) in [6.45, 7) is 3.01. The molecule has 2 N–H and O–H groups in total. The van der Waals surface area contributed by atoms with Gasteiger partial charge in [-0.3, -0.25) is 0 Å². The second kappa shape index (κ2) is 7.21. The number of carboxylic acids is 2. The third-order valence-corrected chi connectivity index (χ3v) is 2.61. The van der Waals surface area contributed by atoms with Gasteiger partial charge in [-0.05, 0) is 26.0 Å². The molecular weight excluding hydrogens is 296 g/mol. The lowest BCUT2D eigenvalue weighted by atomic mass is 9.98. The maximum absolute atomic E-state index is 11.8. The lowest BCUT2D eigenvalue weighted by Gasteiger charge is -2.11. The molecule has 1 aromatic rings. The molecule has 8 heteroatoms. The van der Waals surface area contributed by atoms with E-state index in [1.54, 1.807) is 0 Å². The minimum atomic E-state index is -1.49. The third kappa shape index (κ3) is 3.60. The maximum atomic E-state index is 11.8. The molecule has 1 rings (SSSR count). The van der Waals surface area contributed by atoms with Crippen LogP contribution in [0.3, 0.4) is 0 Å². The summed E-state index contributed by atoms with van der Waals surface area (Å²) in [4.78, 5) is 46.0. The van der Waals surface area contributed by atoms with Gasteiger partial charge >= 0.3 is 23.9 Å². The summed E-state index contributed by atoms with van der Waals surface area (Å²) < 4.78 is 9.38. The standard InChI is InChI=1S/C14H14O8/c1-3-21-13(19)9-5-8(12(17)18)10(14(20)22-4-2)6-7(9)11(15)16/h5-6H,3-4H2,1-2H3,(H,15,16)(H,17,18). The average molecular weight is 310 g/mol. The summed E-state index contributed by atoms with van der Waals surface area (Å²) in [6, 6.07) is 1.60. The van der Waals surface area contributed by atoms with Crippen molar-refractivity contribution in [3.05, 3.63) is 34.4 Å². The summed E-state index contributed by atoms with van der Waals surface area (Å²) in [6.07, 6.45) is 0. The molecule has 0 saturated heterocycles. The Hall–Kier alpha value is -2.90. The van der Waals surface area contributed by atoms with Crippen LogP contribution in [-0.2, 0) is 9.47 Å². The first-order valence-electron chi connectivity index (χ1n) is 6.32. The molecular formula is C14H14O8. The lowest BCUT2D eigenvalue weighted by Crippen LogP contribution is -2.18. The van der Waals surface area contributed by atoms with Gasteiger partial charge in [-0.1, -0.05) is 0 Å². The smallest absolute Gasteiger partial charge is 0.339 e. The van der Waals surface area contributed by atoms with E-state index in [0.29, 0.717) is 0 Å². The van der Waals surface area contributed by atoms with Crippen molar-refractivity contribution in [1.29, 1.82) is 0 Å². The summed E-state index contributed by atoms with van der Waals surface area (Å²) in [5, 5.41) is 18.3. The van der Waals surface area contributed by atoms with Crippen LogP contribution in [0.1, 0.15) is 55.3 Å². The Morgan fingerprint density at radius 1 is 0.773 bits per heavy atom. The largest absolute Gasteiger partial charge is 0.478 e. The molecule has 0 aliphatic rings. The number of carboxylic acid groups (broad SMARTS) is 2. The number of hydrogen-bond donors (Lipinski definition) is 2. The fourth-order valence-corrected chi connectivity index (χ4v) is 1.71. The van der Waals surface area contributed by atoms with Gasteiger partial charge in [0.2, 0.25) is 0 Å². The highest BCUT2D eigenvalue weighted by Crippen LogP contribution is 2.20. The van der Waals surface area contributed by atoms with Crippen LogP contribution in [0.5, 0.6) is 0 Å². The Kier molecular flexibility index (Phi) is 5.62. The van der Waals surface area contributed by atoms with Crippen molar-refractivity contribution in [3.63, 3.8) is 0 Å². The van der Waals surface area contributed by atoms with E-state index in [1.165, 1.54) is 13.8 Å². The van der Waals surface area contributed by atoms with Crippen molar-refractivity contribution in [1.82, 2.24) is 0 Å². The fraction of sp³-hybridized carbons (Fsp3) is 0.286. The summed E-state index contributed by atoms with van der Waals surface area (Å²) in [5.41, 5.74) is -1.96. The van der Waals surface area contributed by atoms with Gasteiger partial charge in [0.25, 0.3) is 0 Å². The van der Waals surface area contributed by atoms with E-state index < -0.39 is 46.1 Å². The number of esters is 2. The third-order valence-electron chi connectivity index (χ3n) is 2.61.